The zero-order chi connectivity index (χ0) is 18.8. The first-order valence-electron chi connectivity index (χ1n) is 7.57. The van der Waals surface area contributed by atoms with Gasteiger partial charge in [-0.05, 0) is 31.4 Å². The molecule has 1 aliphatic carbocycles. The second kappa shape index (κ2) is 7.42. The van der Waals surface area contributed by atoms with Crippen LogP contribution in [0.5, 0.6) is 0 Å². The molecular weight excluding hydrogens is 362 g/mol. The Morgan fingerprint density at radius 2 is 2.12 bits per heavy atom. The van der Waals surface area contributed by atoms with Gasteiger partial charge in [0.25, 0.3) is 0 Å². The molecule has 1 fully saturated rings. The van der Waals surface area contributed by atoms with Gasteiger partial charge in [-0.3, -0.25) is 10.1 Å². The smallest absolute Gasteiger partial charge is 0.329 e. The molecule has 1 aromatic rings. The van der Waals surface area contributed by atoms with Crippen LogP contribution in [-0.4, -0.2) is 46.0 Å². The maximum atomic E-state index is 13.5. The average Bonchev–Trinajstić information content (AvgIpc) is 2.55. The van der Waals surface area contributed by atoms with Crippen LogP contribution in [0.3, 0.4) is 0 Å². The Bertz CT molecular complexity index is 666. The van der Waals surface area contributed by atoms with E-state index in [2.05, 4.69) is 9.97 Å². The summed E-state index contributed by atoms with van der Waals surface area (Å²) in [7, 11) is 1.17. The summed E-state index contributed by atoms with van der Waals surface area (Å²) in [6.07, 6.45) is 0.267. The largest absolute Gasteiger partial charge is 0.467 e. The summed E-state index contributed by atoms with van der Waals surface area (Å²) < 4.78 is 31.7. The lowest BCUT2D eigenvalue weighted by molar-refractivity contribution is -0.384. The van der Waals surface area contributed by atoms with Crippen molar-refractivity contribution in [2.45, 2.75) is 50.6 Å². The van der Waals surface area contributed by atoms with Crippen LogP contribution in [0.4, 0.5) is 20.3 Å². The number of alkyl halides is 2. The van der Waals surface area contributed by atoms with Crippen LogP contribution in [-0.2, 0) is 9.53 Å². The van der Waals surface area contributed by atoms with Crippen molar-refractivity contribution in [2.24, 2.45) is 0 Å². The first-order valence-corrected chi connectivity index (χ1v) is 7.95. The maximum Gasteiger partial charge on any atom is 0.329 e. The number of carbonyl (C=O) groups excluding carboxylic acids is 1. The molecule has 0 radical (unpaired) electrons. The van der Waals surface area contributed by atoms with Gasteiger partial charge in [0, 0.05) is 18.9 Å². The molecule has 1 saturated carbocycles. The Morgan fingerprint density at radius 1 is 1.52 bits per heavy atom. The van der Waals surface area contributed by atoms with E-state index in [-0.39, 0.29) is 36.8 Å². The van der Waals surface area contributed by atoms with E-state index in [0.29, 0.717) is 0 Å². The van der Waals surface area contributed by atoms with Gasteiger partial charge in [-0.1, -0.05) is 0 Å². The highest BCUT2D eigenvalue weighted by Crippen LogP contribution is 2.39. The minimum absolute atomic E-state index is 0.0487. The van der Waals surface area contributed by atoms with Crippen molar-refractivity contribution in [2.75, 3.05) is 12.0 Å². The molecule has 8 nitrogen and oxygen atoms in total. The molecule has 138 valence electrons. The molecule has 0 N–H and O–H groups in total. The first-order chi connectivity index (χ1) is 11.7. The van der Waals surface area contributed by atoms with E-state index in [1.54, 1.807) is 0 Å². The molecule has 2 rings (SSSR count). The van der Waals surface area contributed by atoms with Gasteiger partial charge >= 0.3 is 11.7 Å². The minimum atomic E-state index is -2.79. The van der Waals surface area contributed by atoms with E-state index in [0.717, 1.165) is 6.20 Å². The van der Waals surface area contributed by atoms with Crippen LogP contribution in [0.25, 0.3) is 0 Å². The van der Waals surface area contributed by atoms with E-state index >= 15 is 0 Å². The summed E-state index contributed by atoms with van der Waals surface area (Å²) in [6.45, 7) is 1.47. The third-order valence-corrected chi connectivity index (χ3v) is 4.38. The highest BCUT2D eigenvalue weighted by atomic mass is 35.5. The number of rotatable bonds is 5. The van der Waals surface area contributed by atoms with Gasteiger partial charge in [-0.25, -0.2) is 18.6 Å². The number of nitro groups is 1. The van der Waals surface area contributed by atoms with Crippen LogP contribution < -0.4 is 4.90 Å². The third-order valence-electron chi connectivity index (χ3n) is 4.20. The van der Waals surface area contributed by atoms with E-state index in [4.69, 9.17) is 16.3 Å². The monoisotopic (exact) mass is 378 g/mol. The molecule has 1 unspecified atom stereocenters. The van der Waals surface area contributed by atoms with Crippen molar-refractivity contribution < 1.29 is 23.2 Å². The predicted molar refractivity (Wildman–Crippen MR) is 84.9 cm³/mol. The molecule has 1 aliphatic rings. The number of ether oxygens (including phenoxy) is 1. The van der Waals surface area contributed by atoms with Crippen molar-refractivity contribution in [1.29, 1.82) is 0 Å². The number of hydrogen-bond acceptors (Lipinski definition) is 7. The Balaban J connectivity index is 2.47. The number of hydrogen-bond donors (Lipinski definition) is 0. The zero-order valence-electron chi connectivity index (χ0n) is 13.6. The predicted octanol–water partition coefficient (Wildman–Crippen LogP) is 2.98. The maximum absolute atomic E-state index is 13.5. The number of anilines is 1. The first kappa shape index (κ1) is 19.2. The van der Waals surface area contributed by atoms with E-state index in [1.165, 1.54) is 18.9 Å². The molecule has 0 aromatic carbocycles. The quantitative estimate of drug-likeness (QED) is 0.336. The Morgan fingerprint density at radius 3 is 2.64 bits per heavy atom. The van der Waals surface area contributed by atoms with Gasteiger partial charge in [-0.15, -0.1) is 0 Å². The van der Waals surface area contributed by atoms with Crippen LogP contribution in [0.1, 0.15) is 32.6 Å². The molecule has 1 heterocycles. The molecule has 25 heavy (non-hydrogen) atoms. The summed E-state index contributed by atoms with van der Waals surface area (Å²) in [6, 6.07) is -1.51. The van der Waals surface area contributed by atoms with Crippen molar-refractivity contribution in [1.82, 2.24) is 9.97 Å². The number of halogens is 3. The number of methoxy groups -OCH3 is 1. The molecule has 0 amide bonds. The summed E-state index contributed by atoms with van der Waals surface area (Å²) >= 11 is 5.76. The summed E-state index contributed by atoms with van der Waals surface area (Å²) in [5.74, 6) is -3.63. The molecule has 11 heteroatoms. The van der Waals surface area contributed by atoms with E-state index < -0.39 is 34.6 Å². The SMILES string of the molecule is COC(=O)C(C)N(c1nc(Cl)ncc1[N+](=O)[O-])C1CCC(F)(F)CC1. The molecule has 0 saturated heterocycles. The van der Waals surface area contributed by atoms with Crippen LogP contribution in [0.15, 0.2) is 6.20 Å². The fourth-order valence-electron chi connectivity index (χ4n) is 2.92. The van der Waals surface area contributed by atoms with Gasteiger partial charge < -0.3 is 9.64 Å². The van der Waals surface area contributed by atoms with E-state index in [1.807, 2.05) is 0 Å². The molecule has 0 bridgehead atoms. The normalized spacial score (nSPS) is 18.4. The summed E-state index contributed by atoms with van der Waals surface area (Å²) in [5, 5.41) is 11.1. The second-order valence-corrected chi connectivity index (χ2v) is 6.14. The van der Waals surface area contributed by atoms with Gasteiger partial charge in [0.1, 0.15) is 12.2 Å². The molecule has 1 aromatic heterocycles. The lowest BCUT2D eigenvalue weighted by Crippen LogP contribution is -2.49. The lowest BCUT2D eigenvalue weighted by Gasteiger charge is -2.39. The Kier molecular flexibility index (Phi) is 5.71. The zero-order valence-corrected chi connectivity index (χ0v) is 14.4. The molecule has 1 atom stereocenters. The number of nitrogens with zero attached hydrogens (tertiary/aromatic N) is 4. The summed E-state index contributed by atoms with van der Waals surface area (Å²) in [4.78, 5) is 31.4. The fraction of sp³-hybridized carbons (Fsp3) is 0.643. The minimum Gasteiger partial charge on any atom is -0.467 e. The summed E-state index contributed by atoms with van der Waals surface area (Å²) in [5.41, 5.74) is -0.461. The van der Waals surface area contributed by atoms with Crippen LogP contribution >= 0.6 is 11.6 Å². The van der Waals surface area contributed by atoms with Gasteiger partial charge in [0.05, 0.1) is 12.0 Å². The number of carbonyl (C=O) groups is 1. The van der Waals surface area contributed by atoms with Crippen molar-refractivity contribution >= 4 is 29.1 Å². The Labute approximate surface area is 147 Å². The fourth-order valence-corrected chi connectivity index (χ4v) is 3.05. The van der Waals surface area contributed by atoms with Crippen LogP contribution in [0, 0.1) is 10.1 Å². The molecule has 0 spiro atoms. The second-order valence-electron chi connectivity index (χ2n) is 5.80. The standard InChI is InChI=1S/C14H17ClF2N4O4/c1-8(12(22)25-2)20(9-3-5-14(16,17)6-4-9)11-10(21(23)24)7-18-13(15)19-11/h7-9H,3-6H2,1-2H3. The van der Waals surface area contributed by atoms with Gasteiger partial charge in [0.15, 0.2) is 0 Å². The molecule has 0 aliphatic heterocycles. The highest BCUT2D eigenvalue weighted by molar-refractivity contribution is 6.28. The lowest BCUT2D eigenvalue weighted by atomic mass is 9.90. The van der Waals surface area contributed by atoms with Gasteiger partial charge in [-0.2, -0.15) is 4.98 Å². The van der Waals surface area contributed by atoms with Crippen molar-refractivity contribution in [3.05, 3.63) is 21.6 Å². The Hall–Kier alpha value is -2.10. The highest BCUT2D eigenvalue weighted by Gasteiger charge is 2.41. The topological polar surface area (TPSA) is 98.5 Å². The third kappa shape index (κ3) is 4.30. The van der Waals surface area contributed by atoms with Crippen molar-refractivity contribution in [3.8, 4) is 0 Å². The van der Waals surface area contributed by atoms with Crippen LogP contribution in [0.2, 0.25) is 5.28 Å². The number of esters is 1. The van der Waals surface area contributed by atoms with E-state index in [9.17, 15) is 23.7 Å². The number of aromatic nitrogens is 2. The molecular formula is C14H17ClF2N4O4. The van der Waals surface area contributed by atoms with Gasteiger partial charge in [0.2, 0.25) is 17.0 Å². The van der Waals surface area contributed by atoms with Crippen molar-refractivity contribution in [3.63, 3.8) is 0 Å². The average molecular weight is 379 g/mol.